The van der Waals surface area contributed by atoms with E-state index in [0.29, 0.717) is 16.1 Å². The second-order valence-corrected chi connectivity index (χ2v) is 6.08. The largest absolute Gasteiger partial charge is 0.271 e. The van der Waals surface area contributed by atoms with Gasteiger partial charge in [0.2, 0.25) is 0 Å². The number of carbonyl (C=O) groups excluding carboxylic acids is 2. The topological polar surface area (TPSA) is 58.2 Å². The van der Waals surface area contributed by atoms with E-state index in [4.69, 9.17) is 11.6 Å². The zero-order valence-corrected chi connectivity index (χ0v) is 12.6. The number of rotatable bonds is 2. The predicted molar refractivity (Wildman–Crippen MR) is 80.2 cm³/mol. The van der Waals surface area contributed by atoms with Gasteiger partial charge in [0.05, 0.1) is 16.1 Å². The van der Waals surface area contributed by atoms with Crippen molar-refractivity contribution in [1.29, 1.82) is 0 Å². The van der Waals surface area contributed by atoms with Crippen molar-refractivity contribution in [3.8, 4) is 0 Å². The lowest BCUT2D eigenvalue weighted by atomic mass is 10.2. The molecule has 0 fully saturated rings. The average molecular weight is 309 g/mol. The molecule has 0 aliphatic heterocycles. The molecule has 20 heavy (non-hydrogen) atoms. The Kier molecular flexibility index (Phi) is 4.42. The first-order valence-corrected chi connectivity index (χ1v) is 7.10. The molecule has 1 aromatic carbocycles. The molecule has 0 bridgehead atoms. The van der Waals surface area contributed by atoms with Gasteiger partial charge in [-0.3, -0.25) is 20.4 Å². The molecule has 0 aliphatic rings. The number of nitrogens with one attached hydrogen (secondary N) is 2. The van der Waals surface area contributed by atoms with E-state index in [2.05, 4.69) is 10.9 Å². The van der Waals surface area contributed by atoms with Crippen molar-refractivity contribution < 1.29 is 9.59 Å². The van der Waals surface area contributed by atoms with Crippen LogP contribution in [0.15, 0.2) is 30.3 Å². The van der Waals surface area contributed by atoms with Crippen molar-refractivity contribution in [2.24, 2.45) is 0 Å². The number of thiophene rings is 1. The van der Waals surface area contributed by atoms with Gasteiger partial charge in [-0.2, -0.15) is 0 Å². The van der Waals surface area contributed by atoms with E-state index in [-0.39, 0.29) is 5.91 Å². The van der Waals surface area contributed by atoms with Gasteiger partial charge in [0, 0.05) is 9.75 Å². The fourth-order valence-electron chi connectivity index (χ4n) is 1.75. The molecule has 2 amide bonds. The van der Waals surface area contributed by atoms with Crippen LogP contribution in [0.1, 0.15) is 30.5 Å². The fraction of sp³-hybridized carbons (Fsp3) is 0.143. The maximum atomic E-state index is 11.9. The van der Waals surface area contributed by atoms with E-state index in [0.717, 1.165) is 9.75 Å². The van der Waals surface area contributed by atoms with Crippen molar-refractivity contribution in [2.75, 3.05) is 0 Å². The minimum absolute atomic E-state index is 0.313. The molecule has 4 nitrogen and oxygen atoms in total. The zero-order chi connectivity index (χ0) is 14.7. The molecule has 0 aliphatic carbocycles. The number of carbonyl (C=O) groups is 2. The normalized spacial score (nSPS) is 10.2. The van der Waals surface area contributed by atoms with Gasteiger partial charge in [-0.05, 0) is 32.0 Å². The maximum absolute atomic E-state index is 11.9. The molecule has 104 valence electrons. The van der Waals surface area contributed by atoms with E-state index in [1.54, 1.807) is 30.3 Å². The molecule has 0 saturated carbocycles. The molecule has 0 spiro atoms. The van der Waals surface area contributed by atoms with E-state index in [9.17, 15) is 9.59 Å². The highest BCUT2D eigenvalue weighted by Gasteiger charge is 2.14. The Hall–Kier alpha value is -1.85. The van der Waals surface area contributed by atoms with E-state index in [1.165, 1.54) is 11.3 Å². The predicted octanol–water partition coefficient (Wildman–Crippen LogP) is 3.09. The van der Waals surface area contributed by atoms with Gasteiger partial charge in [-0.25, -0.2) is 0 Å². The van der Waals surface area contributed by atoms with Crippen LogP contribution < -0.4 is 10.9 Å². The summed E-state index contributed by atoms with van der Waals surface area (Å²) in [6, 6.07) is 8.43. The van der Waals surface area contributed by atoms with E-state index in [1.807, 2.05) is 13.8 Å². The molecule has 0 atom stereocenters. The Balaban J connectivity index is 2.02. The summed E-state index contributed by atoms with van der Waals surface area (Å²) in [4.78, 5) is 25.8. The van der Waals surface area contributed by atoms with Gasteiger partial charge >= 0.3 is 0 Å². The van der Waals surface area contributed by atoms with Crippen molar-refractivity contribution >= 4 is 34.8 Å². The van der Waals surface area contributed by atoms with Crippen molar-refractivity contribution in [3.63, 3.8) is 0 Å². The monoisotopic (exact) mass is 308 g/mol. The summed E-state index contributed by atoms with van der Waals surface area (Å²) in [6.45, 7) is 3.79. The van der Waals surface area contributed by atoms with Crippen molar-refractivity contribution in [1.82, 2.24) is 10.9 Å². The van der Waals surface area contributed by atoms with Crippen LogP contribution in [0, 0.1) is 13.8 Å². The van der Waals surface area contributed by atoms with Crippen LogP contribution in [0.4, 0.5) is 0 Å². The lowest BCUT2D eigenvalue weighted by molar-refractivity contribution is 0.0846. The highest BCUT2D eigenvalue weighted by atomic mass is 35.5. The average Bonchev–Trinajstić information content (AvgIpc) is 2.75. The first-order chi connectivity index (χ1) is 9.49. The van der Waals surface area contributed by atoms with Gasteiger partial charge in [0.1, 0.15) is 0 Å². The van der Waals surface area contributed by atoms with Gasteiger partial charge in [0.25, 0.3) is 11.8 Å². The van der Waals surface area contributed by atoms with E-state index < -0.39 is 5.91 Å². The third-order valence-corrected chi connectivity index (χ3v) is 3.99. The molecule has 1 aromatic heterocycles. The number of hydrazine groups is 1. The summed E-state index contributed by atoms with van der Waals surface area (Å²) in [6.07, 6.45) is 0. The highest BCUT2D eigenvalue weighted by Crippen LogP contribution is 2.20. The van der Waals surface area contributed by atoms with Crippen LogP contribution in [0.25, 0.3) is 0 Å². The number of amides is 2. The first kappa shape index (κ1) is 14.6. The number of aryl methyl sites for hydroxylation is 2. The van der Waals surface area contributed by atoms with Crippen LogP contribution in [0.5, 0.6) is 0 Å². The third-order valence-electron chi connectivity index (χ3n) is 2.69. The lowest BCUT2D eigenvalue weighted by Gasteiger charge is -2.08. The summed E-state index contributed by atoms with van der Waals surface area (Å²) < 4.78 is 0. The Bertz CT molecular complexity index is 667. The summed E-state index contributed by atoms with van der Waals surface area (Å²) in [5.41, 5.74) is 5.62. The molecule has 1 heterocycles. The van der Waals surface area contributed by atoms with Gasteiger partial charge in [0.15, 0.2) is 0 Å². The van der Waals surface area contributed by atoms with Crippen molar-refractivity contribution in [3.05, 3.63) is 56.2 Å². The molecule has 0 saturated heterocycles. The molecular formula is C14H13ClN2O2S. The van der Waals surface area contributed by atoms with Crippen LogP contribution in [0.2, 0.25) is 5.02 Å². The van der Waals surface area contributed by atoms with Crippen LogP contribution in [-0.2, 0) is 0 Å². The fourth-order valence-corrected chi connectivity index (χ4v) is 2.89. The Morgan fingerprint density at radius 3 is 2.20 bits per heavy atom. The van der Waals surface area contributed by atoms with Crippen LogP contribution >= 0.6 is 22.9 Å². The SMILES string of the molecule is Cc1cc(C(=O)NNC(=O)c2ccccc2Cl)c(C)s1. The molecule has 0 unspecified atom stereocenters. The van der Waals surface area contributed by atoms with Crippen molar-refractivity contribution in [2.45, 2.75) is 13.8 Å². The Morgan fingerprint density at radius 1 is 1.05 bits per heavy atom. The lowest BCUT2D eigenvalue weighted by Crippen LogP contribution is -2.41. The number of benzene rings is 1. The van der Waals surface area contributed by atoms with Crippen LogP contribution in [-0.4, -0.2) is 11.8 Å². The van der Waals surface area contributed by atoms with Gasteiger partial charge in [-0.15, -0.1) is 11.3 Å². The third kappa shape index (κ3) is 3.18. The second kappa shape index (κ2) is 6.07. The zero-order valence-electron chi connectivity index (χ0n) is 11.0. The molecule has 2 N–H and O–H groups in total. The quantitative estimate of drug-likeness (QED) is 0.838. The standard InChI is InChI=1S/C14H13ClN2O2S/c1-8-7-11(9(2)20-8)14(19)17-16-13(18)10-5-3-4-6-12(10)15/h3-7H,1-2H3,(H,16,18)(H,17,19). The maximum Gasteiger partial charge on any atom is 0.271 e. The minimum Gasteiger partial charge on any atom is -0.267 e. The molecule has 0 radical (unpaired) electrons. The Labute approximate surface area is 125 Å². The molecule has 2 rings (SSSR count). The van der Waals surface area contributed by atoms with Gasteiger partial charge < -0.3 is 0 Å². The summed E-state index contributed by atoms with van der Waals surface area (Å²) in [5.74, 6) is -0.791. The summed E-state index contributed by atoms with van der Waals surface area (Å²) in [7, 11) is 0. The number of hydrogen-bond donors (Lipinski definition) is 2. The van der Waals surface area contributed by atoms with Crippen LogP contribution in [0.3, 0.4) is 0 Å². The number of halogens is 1. The first-order valence-electron chi connectivity index (χ1n) is 5.91. The van der Waals surface area contributed by atoms with Gasteiger partial charge in [-0.1, -0.05) is 23.7 Å². The molecule has 2 aromatic rings. The molecular weight excluding hydrogens is 296 g/mol. The minimum atomic E-state index is -0.450. The Morgan fingerprint density at radius 2 is 1.65 bits per heavy atom. The molecule has 6 heteroatoms. The summed E-state index contributed by atoms with van der Waals surface area (Å²) in [5, 5.41) is 0.335. The summed E-state index contributed by atoms with van der Waals surface area (Å²) >= 11 is 7.44. The second-order valence-electron chi connectivity index (χ2n) is 4.22. The highest BCUT2D eigenvalue weighted by molar-refractivity contribution is 7.12. The number of hydrogen-bond acceptors (Lipinski definition) is 3. The smallest absolute Gasteiger partial charge is 0.267 e. The van der Waals surface area contributed by atoms with E-state index >= 15 is 0 Å².